The van der Waals surface area contributed by atoms with Gasteiger partial charge in [0.25, 0.3) is 0 Å². The van der Waals surface area contributed by atoms with Crippen LogP contribution in [0.15, 0.2) is 60.7 Å². The van der Waals surface area contributed by atoms with Gasteiger partial charge in [-0.05, 0) is 5.56 Å². The summed E-state index contributed by atoms with van der Waals surface area (Å²) in [7, 11) is 0. The topological polar surface area (TPSA) is 86.3 Å². The average molecular weight is 399 g/mol. The van der Waals surface area contributed by atoms with Gasteiger partial charge in [0.1, 0.15) is 24.4 Å². The molecular formula is C22H25NO6. The Morgan fingerprint density at radius 1 is 1.10 bits per heavy atom. The Kier molecular flexibility index (Phi) is 6.22. The summed E-state index contributed by atoms with van der Waals surface area (Å²) < 4.78 is 23.8. The molecule has 1 unspecified atom stereocenters. The van der Waals surface area contributed by atoms with E-state index in [1.165, 1.54) is 6.92 Å². The summed E-state index contributed by atoms with van der Waals surface area (Å²) in [5, 5.41) is 13.7. The minimum atomic E-state index is -1.01. The highest BCUT2D eigenvalue weighted by atomic mass is 16.7. The molecule has 2 aromatic rings. The third-order valence-electron chi connectivity index (χ3n) is 5.06. The standard InChI is InChI=1S/C22H25NO6/c1-14(24)23-18-19(25)20-17(13-27-21(29-20)16-10-6-3-7-11-16)28-22(18)26-12-15-8-4-2-5-9-15/h2-11,17-22,25H,12-13H2,1H3,(H,23,24)/t17-,18-,19-,20+,21?,22+/m1/s1. The van der Waals surface area contributed by atoms with Crippen molar-refractivity contribution in [2.75, 3.05) is 6.61 Å². The van der Waals surface area contributed by atoms with Crippen molar-refractivity contribution in [2.45, 2.75) is 50.5 Å². The van der Waals surface area contributed by atoms with Crippen molar-refractivity contribution in [1.82, 2.24) is 5.32 Å². The Labute approximate surface area is 169 Å². The minimum absolute atomic E-state index is 0.249. The predicted molar refractivity (Wildman–Crippen MR) is 104 cm³/mol. The van der Waals surface area contributed by atoms with Crippen LogP contribution >= 0.6 is 0 Å². The van der Waals surface area contributed by atoms with Gasteiger partial charge in [0, 0.05) is 12.5 Å². The van der Waals surface area contributed by atoms with E-state index in [0.29, 0.717) is 6.61 Å². The quantitative estimate of drug-likeness (QED) is 0.799. The van der Waals surface area contributed by atoms with Crippen LogP contribution in [0.3, 0.4) is 0 Å². The second kappa shape index (κ2) is 9.02. The third-order valence-corrected chi connectivity index (χ3v) is 5.06. The van der Waals surface area contributed by atoms with Gasteiger partial charge < -0.3 is 29.4 Å². The zero-order chi connectivity index (χ0) is 20.2. The SMILES string of the molecule is CC(=O)N[C@H]1[C@@H](OCc2ccccc2)O[C@@H]2COC(c3ccccc3)O[C@@H]2[C@@H]1O. The number of amides is 1. The van der Waals surface area contributed by atoms with Crippen LogP contribution in [0.4, 0.5) is 0 Å². The first-order valence-corrected chi connectivity index (χ1v) is 9.70. The molecule has 0 aliphatic carbocycles. The second-order valence-corrected chi connectivity index (χ2v) is 7.23. The number of ether oxygens (including phenoxy) is 4. The fraction of sp³-hybridized carbons (Fsp3) is 0.409. The number of carbonyl (C=O) groups excluding carboxylic acids is 1. The summed E-state index contributed by atoms with van der Waals surface area (Å²) in [6.45, 7) is 1.93. The molecule has 2 fully saturated rings. The monoisotopic (exact) mass is 399 g/mol. The molecule has 2 N–H and O–H groups in total. The Bertz CT molecular complexity index is 801. The summed E-state index contributed by atoms with van der Waals surface area (Å²) >= 11 is 0. The van der Waals surface area contributed by atoms with E-state index in [2.05, 4.69) is 5.32 Å². The molecular weight excluding hydrogens is 374 g/mol. The molecule has 0 spiro atoms. The van der Waals surface area contributed by atoms with E-state index in [9.17, 15) is 9.90 Å². The van der Waals surface area contributed by atoms with E-state index in [-0.39, 0.29) is 12.5 Å². The van der Waals surface area contributed by atoms with Gasteiger partial charge in [-0.2, -0.15) is 0 Å². The summed E-state index contributed by atoms with van der Waals surface area (Å²) in [5.41, 5.74) is 1.83. The summed E-state index contributed by atoms with van der Waals surface area (Å²) in [6.07, 6.45) is -3.59. The highest BCUT2D eigenvalue weighted by Crippen LogP contribution is 2.34. The van der Waals surface area contributed by atoms with Crippen LogP contribution < -0.4 is 5.32 Å². The lowest BCUT2D eigenvalue weighted by atomic mass is 9.95. The molecule has 0 aromatic heterocycles. The number of hydrogen-bond donors (Lipinski definition) is 2. The van der Waals surface area contributed by atoms with Gasteiger partial charge in [-0.3, -0.25) is 4.79 Å². The number of rotatable bonds is 5. The van der Waals surface area contributed by atoms with E-state index in [1.807, 2.05) is 60.7 Å². The van der Waals surface area contributed by atoms with E-state index in [0.717, 1.165) is 11.1 Å². The normalized spacial score (nSPS) is 31.7. The number of nitrogens with one attached hydrogen (secondary N) is 1. The van der Waals surface area contributed by atoms with Crippen LogP contribution in [0.5, 0.6) is 0 Å². The molecule has 4 rings (SSSR count). The number of aliphatic hydroxyl groups excluding tert-OH is 1. The zero-order valence-corrected chi connectivity index (χ0v) is 16.1. The largest absolute Gasteiger partial charge is 0.388 e. The summed E-state index contributed by atoms with van der Waals surface area (Å²) in [6, 6.07) is 18.4. The fourth-order valence-corrected chi connectivity index (χ4v) is 3.65. The maximum Gasteiger partial charge on any atom is 0.217 e. The minimum Gasteiger partial charge on any atom is -0.388 e. The Morgan fingerprint density at radius 3 is 2.48 bits per heavy atom. The lowest BCUT2D eigenvalue weighted by Gasteiger charge is -2.47. The number of fused-ring (bicyclic) bond motifs is 1. The molecule has 2 aromatic carbocycles. The highest BCUT2D eigenvalue weighted by molar-refractivity contribution is 5.73. The van der Waals surface area contributed by atoms with Crippen molar-refractivity contribution in [2.24, 2.45) is 0 Å². The molecule has 154 valence electrons. The number of carbonyl (C=O) groups is 1. The summed E-state index contributed by atoms with van der Waals surface area (Å²) in [5.74, 6) is -0.281. The Morgan fingerprint density at radius 2 is 1.79 bits per heavy atom. The van der Waals surface area contributed by atoms with Crippen molar-refractivity contribution in [3.63, 3.8) is 0 Å². The molecule has 2 heterocycles. The second-order valence-electron chi connectivity index (χ2n) is 7.23. The molecule has 2 aliphatic rings. The van der Waals surface area contributed by atoms with Crippen LogP contribution in [-0.4, -0.2) is 48.3 Å². The number of benzene rings is 2. The molecule has 2 saturated heterocycles. The average Bonchev–Trinajstić information content (AvgIpc) is 2.75. The lowest BCUT2D eigenvalue weighted by Crippen LogP contribution is -2.66. The molecule has 7 heteroatoms. The molecule has 1 amide bonds. The van der Waals surface area contributed by atoms with Crippen molar-refractivity contribution in [1.29, 1.82) is 0 Å². The molecule has 29 heavy (non-hydrogen) atoms. The highest BCUT2D eigenvalue weighted by Gasteiger charge is 2.50. The van der Waals surface area contributed by atoms with Crippen LogP contribution in [0.2, 0.25) is 0 Å². The Hall–Kier alpha value is -2.29. The first-order valence-electron chi connectivity index (χ1n) is 9.70. The predicted octanol–water partition coefficient (Wildman–Crippen LogP) is 1.91. The molecule has 2 aliphatic heterocycles. The van der Waals surface area contributed by atoms with Crippen molar-refractivity contribution < 1.29 is 28.8 Å². The van der Waals surface area contributed by atoms with Gasteiger partial charge in [-0.25, -0.2) is 0 Å². The van der Waals surface area contributed by atoms with Crippen LogP contribution in [-0.2, 0) is 30.3 Å². The van der Waals surface area contributed by atoms with Crippen LogP contribution in [0.25, 0.3) is 0 Å². The van der Waals surface area contributed by atoms with Gasteiger partial charge in [0.2, 0.25) is 5.91 Å². The Balaban J connectivity index is 1.48. The van der Waals surface area contributed by atoms with Crippen molar-refractivity contribution in [3.05, 3.63) is 71.8 Å². The van der Waals surface area contributed by atoms with Gasteiger partial charge in [-0.1, -0.05) is 60.7 Å². The van der Waals surface area contributed by atoms with Crippen molar-refractivity contribution in [3.8, 4) is 0 Å². The van der Waals surface area contributed by atoms with E-state index < -0.39 is 36.9 Å². The third kappa shape index (κ3) is 4.66. The molecule has 0 radical (unpaired) electrons. The first-order chi connectivity index (χ1) is 14.1. The van der Waals surface area contributed by atoms with Gasteiger partial charge in [0.15, 0.2) is 12.6 Å². The van der Waals surface area contributed by atoms with E-state index >= 15 is 0 Å². The van der Waals surface area contributed by atoms with Gasteiger partial charge >= 0.3 is 0 Å². The number of hydrogen-bond acceptors (Lipinski definition) is 6. The molecule has 7 nitrogen and oxygen atoms in total. The van der Waals surface area contributed by atoms with Crippen LogP contribution in [0, 0.1) is 0 Å². The molecule has 0 saturated carbocycles. The maximum absolute atomic E-state index is 11.7. The van der Waals surface area contributed by atoms with Crippen LogP contribution in [0.1, 0.15) is 24.3 Å². The number of aliphatic hydroxyl groups is 1. The maximum atomic E-state index is 11.7. The van der Waals surface area contributed by atoms with Gasteiger partial charge in [-0.15, -0.1) is 0 Å². The first kappa shape index (κ1) is 20.0. The van der Waals surface area contributed by atoms with E-state index in [1.54, 1.807) is 0 Å². The fourth-order valence-electron chi connectivity index (χ4n) is 3.65. The zero-order valence-electron chi connectivity index (χ0n) is 16.1. The summed E-state index contributed by atoms with van der Waals surface area (Å²) in [4.78, 5) is 11.7. The van der Waals surface area contributed by atoms with Crippen molar-refractivity contribution >= 4 is 5.91 Å². The molecule has 0 bridgehead atoms. The lowest BCUT2D eigenvalue weighted by molar-refractivity contribution is -0.345. The smallest absolute Gasteiger partial charge is 0.217 e. The van der Waals surface area contributed by atoms with E-state index in [4.69, 9.17) is 18.9 Å². The van der Waals surface area contributed by atoms with Gasteiger partial charge in [0.05, 0.1) is 13.2 Å². The molecule has 6 atom stereocenters.